The number of aliphatic hydroxyl groups is 1. The lowest BCUT2D eigenvalue weighted by Gasteiger charge is -2.35. The van der Waals surface area contributed by atoms with Gasteiger partial charge in [0.15, 0.2) is 5.76 Å². The maximum absolute atomic E-state index is 11.6. The first-order valence-corrected chi connectivity index (χ1v) is 7.51. The van der Waals surface area contributed by atoms with E-state index in [1.165, 1.54) is 0 Å². The van der Waals surface area contributed by atoms with Crippen LogP contribution in [0.4, 0.5) is 5.82 Å². The van der Waals surface area contributed by atoms with Gasteiger partial charge in [-0.15, -0.1) is 0 Å². The van der Waals surface area contributed by atoms with Crippen LogP contribution in [0.25, 0.3) is 0 Å². The lowest BCUT2D eigenvalue weighted by molar-refractivity contribution is 0.200. The largest absolute Gasteiger partial charge is 0.502 e. The van der Waals surface area contributed by atoms with Gasteiger partial charge in [0.25, 0.3) is 0 Å². The fraction of sp³-hybridized carbons (Fsp3) is 0.375. The Balaban J connectivity index is 1.65. The molecule has 0 saturated carbocycles. The minimum atomic E-state index is -0.526. The van der Waals surface area contributed by atoms with E-state index in [4.69, 9.17) is 9.52 Å². The third-order valence-corrected chi connectivity index (χ3v) is 3.91. The summed E-state index contributed by atoms with van der Waals surface area (Å²) in [5.41, 5.74) is -0.526. The van der Waals surface area contributed by atoms with E-state index in [2.05, 4.69) is 14.8 Å². The smallest absolute Gasteiger partial charge is 0.227 e. The van der Waals surface area contributed by atoms with Gasteiger partial charge in [0.05, 0.1) is 6.54 Å². The highest BCUT2D eigenvalue weighted by Gasteiger charge is 2.21. The highest BCUT2D eigenvalue weighted by Crippen LogP contribution is 2.19. The van der Waals surface area contributed by atoms with E-state index < -0.39 is 5.43 Å². The summed E-state index contributed by atoms with van der Waals surface area (Å²) in [6.45, 7) is 3.12. The molecule has 3 rings (SSSR count). The molecule has 0 bridgehead atoms. The number of rotatable bonds is 4. The Morgan fingerprint density at radius 1 is 1.22 bits per heavy atom. The first-order chi connectivity index (χ1) is 11.2. The summed E-state index contributed by atoms with van der Waals surface area (Å²) in [6.07, 6.45) is 1.77. The second-order valence-electron chi connectivity index (χ2n) is 5.46. The van der Waals surface area contributed by atoms with Crippen LogP contribution in [-0.2, 0) is 13.2 Å². The molecule has 2 N–H and O–H groups in total. The van der Waals surface area contributed by atoms with Crippen LogP contribution in [0.3, 0.4) is 0 Å². The van der Waals surface area contributed by atoms with Gasteiger partial charge in [0.1, 0.15) is 18.2 Å². The van der Waals surface area contributed by atoms with E-state index in [1.807, 2.05) is 18.2 Å². The quantitative estimate of drug-likeness (QED) is 0.851. The van der Waals surface area contributed by atoms with E-state index in [1.54, 1.807) is 6.20 Å². The molecule has 0 amide bonds. The summed E-state index contributed by atoms with van der Waals surface area (Å²) in [6, 6.07) is 6.93. The van der Waals surface area contributed by atoms with Crippen molar-refractivity contribution in [3.8, 4) is 5.75 Å². The molecular weight excluding hydrogens is 298 g/mol. The van der Waals surface area contributed by atoms with Crippen molar-refractivity contribution in [2.24, 2.45) is 0 Å². The zero-order chi connectivity index (χ0) is 16.2. The van der Waals surface area contributed by atoms with Gasteiger partial charge in [-0.25, -0.2) is 4.98 Å². The van der Waals surface area contributed by atoms with E-state index in [-0.39, 0.29) is 23.9 Å². The Morgan fingerprint density at radius 2 is 2.00 bits per heavy atom. The Morgan fingerprint density at radius 3 is 2.65 bits per heavy atom. The van der Waals surface area contributed by atoms with Crippen molar-refractivity contribution in [3.63, 3.8) is 0 Å². The Bertz CT molecular complexity index is 709. The summed E-state index contributed by atoms with van der Waals surface area (Å²) in [4.78, 5) is 20.3. The molecule has 0 unspecified atom stereocenters. The van der Waals surface area contributed by atoms with Crippen LogP contribution in [0.15, 0.2) is 39.7 Å². The van der Waals surface area contributed by atoms with Crippen molar-refractivity contribution in [1.29, 1.82) is 0 Å². The van der Waals surface area contributed by atoms with Gasteiger partial charge in [-0.05, 0) is 12.1 Å². The fourth-order valence-electron chi connectivity index (χ4n) is 2.65. The number of hydrogen-bond acceptors (Lipinski definition) is 7. The Hall–Kier alpha value is -2.38. The average molecular weight is 317 g/mol. The molecule has 0 radical (unpaired) electrons. The number of aromatic hydroxyl groups is 1. The molecule has 0 aliphatic carbocycles. The van der Waals surface area contributed by atoms with Crippen molar-refractivity contribution in [2.75, 3.05) is 31.1 Å². The number of nitrogens with zero attached hydrogens (tertiary/aromatic N) is 3. The van der Waals surface area contributed by atoms with Gasteiger partial charge in [-0.2, -0.15) is 0 Å². The van der Waals surface area contributed by atoms with Gasteiger partial charge >= 0.3 is 0 Å². The van der Waals surface area contributed by atoms with Crippen LogP contribution in [0, 0.1) is 0 Å². The Kier molecular flexibility index (Phi) is 4.59. The summed E-state index contributed by atoms with van der Waals surface area (Å²) >= 11 is 0. The first-order valence-electron chi connectivity index (χ1n) is 7.51. The van der Waals surface area contributed by atoms with Crippen molar-refractivity contribution >= 4 is 5.82 Å². The lowest BCUT2D eigenvalue weighted by Crippen LogP contribution is -2.46. The Labute approximate surface area is 133 Å². The van der Waals surface area contributed by atoms with E-state index >= 15 is 0 Å². The van der Waals surface area contributed by atoms with Gasteiger partial charge in [-0.1, -0.05) is 6.07 Å². The zero-order valence-corrected chi connectivity index (χ0v) is 12.7. The minimum Gasteiger partial charge on any atom is -0.502 e. The van der Waals surface area contributed by atoms with Crippen LogP contribution in [-0.4, -0.2) is 46.3 Å². The van der Waals surface area contributed by atoms with Crippen LogP contribution in [0.5, 0.6) is 5.75 Å². The summed E-state index contributed by atoms with van der Waals surface area (Å²) < 4.78 is 5.38. The van der Waals surface area contributed by atoms with Gasteiger partial charge < -0.3 is 19.5 Å². The lowest BCUT2D eigenvalue weighted by atomic mass is 10.2. The first kappa shape index (κ1) is 15.5. The van der Waals surface area contributed by atoms with E-state index in [9.17, 15) is 9.90 Å². The van der Waals surface area contributed by atoms with E-state index in [0.717, 1.165) is 38.1 Å². The molecule has 7 heteroatoms. The molecule has 7 nitrogen and oxygen atoms in total. The van der Waals surface area contributed by atoms with Crippen molar-refractivity contribution in [1.82, 2.24) is 9.88 Å². The third-order valence-electron chi connectivity index (χ3n) is 3.91. The summed E-state index contributed by atoms with van der Waals surface area (Å²) in [7, 11) is 0. The number of piperazine rings is 1. The normalized spacial score (nSPS) is 15.8. The molecule has 3 heterocycles. The van der Waals surface area contributed by atoms with Crippen molar-refractivity contribution in [2.45, 2.75) is 13.2 Å². The monoisotopic (exact) mass is 317 g/mol. The third kappa shape index (κ3) is 3.52. The van der Waals surface area contributed by atoms with Crippen LogP contribution < -0.4 is 10.3 Å². The molecule has 0 spiro atoms. The molecule has 1 fully saturated rings. The molecule has 2 aromatic rings. The highest BCUT2D eigenvalue weighted by molar-refractivity contribution is 5.38. The molecular formula is C16H19N3O4. The predicted octanol–water partition coefficient (Wildman–Crippen LogP) is 0.555. The standard InChI is InChI=1S/C16H19N3O4/c20-11-12-9-13(21)16(22)14(23-12)10-18-5-7-19(8-6-18)15-3-1-2-4-17-15/h1-4,9,20,22H,5-8,10-11H2. The summed E-state index contributed by atoms with van der Waals surface area (Å²) in [5, 5.41) is 18.9. The molecule has 0 atom stereocenters. The highest BCUT2D eigenvalue weighted by atomic mass is 16.4. The zero-order valence-electron chi connectivity index (χ0n) is 12.7. The number of anilines is 1. The van der Waals surface area contributed by atoms with E-state index in [0.29, 0.717) is 6.54 Å². The number of aliphatic hydroxyl groups excluding tert-OH is 1. The second kappa shape index (κ2) is 6.80. The molecule has 23 heavy (non-hydrogen) atoms. The molecule has 0 aromatic carbocycles. The molecule has 1 aliphatic heterocycles. The topological polar surface area (TPSA) is 90.0 Å². The van der Waals surface area contributed by atoms with Gasteiger partial charge in [0.2, 0.25) is 11.2 Å². The molecule has 1 aliphatic rings. The SMILES string of the molecule is O=c1cc(CO)oc(CN2CCN(c3ccccn3)CC2)c1O. The van der Waals surface area contributed by atoms with Crippen LogP contribution >= 0.6 is 0 Å². The van der Waals surface area contributed by atoms with Crippen molar-refractivity contribution < 1.29 is 14.6 Å². The predicted molar refractivity (Wildman–Crippen MR) is 84.3 cm³/mol. The summed E-state index contributed by atoms with van der Waals surface area (Å²) in [5.74, 6) is 0.931. The minimum absolute atomic E-state index is 0.162. The van der Waals surface area contributed by atoms with Crippen LogP contribution in [0.2, 0.25) is 0 Å². The van der Waals surface area contributed by atoms with Crippen LogP contribution in [0.1, 0.15) is 11.5 Å². The molecule has 122 valence electrons. The molecule has 1 saturated heterocycles. The second-order valence-corrected chi connectivity index (χ2v) is 5.46. The fourth-order valence-corrected chi connectivity index (χ4v) is 2.65. The number of hydrogen-bond donors (Lipinski definition) is 2. The average Bonchev–Trinajstić information content (AvgIpc) is 2.60. The van der Waals surface area contributed by atoms with Crippen molar-refractivity contribution in [3.05, 3.63) is 52.2 Å². The van der Waals surface area contributed by atoms with Gasteiger partial charge in [0, 0.05) is 38.4 Å². The number of aromatic nitrogens is 1. The van der Waals surface area contributed by atoms with Gasteiger partial charge in [-0.3, -0.25) is 9.69 Å². The number of pyridine rings is 1. The maximum atomic E-state index is 11.6. The molecule has 2 aromatic heterocycles. The maximum Gasteiger partial charge on any atom is 0.227 e.